The van der Waals surface area contributed by atoms with Crippen molar-refractivity contribution in [3.63, 3.8) is 0 Å². The van der Waals surface area contributed by atoms with E-state index < -0.39 is 0 Å². The highest BCUT2D eigenvalue weighted by atomic mass is 14.0. The largest absolute Gasteiger partial charge is 0.0654 e. The summed E-state index contributed by atoms with van der Waals surface area (Å²) >= 11 is 0. The van der Waals surface area contributed by atoms with Gasteiger partial charge in [-0.3, -0.25) is 0 Å². The van der Waals surface area contributed by atoms with Crippen LogP contribution in [-0.2, 0) is 6.42 Å². The fraction of sp³-hybridized carbons (Fsp3) is 0.200. The number of hydrogen-bond acceptors (Lipinski definition) is 0. The monoisotopic (exact) mass is 456 g/mol. The molecule has 0 fully saturated rings. The number of hydrogen-bond donors (Lipinski definition) is 0. The Morgan fingerprint density at radius 3 is 1.29 bits per heavy atom. The average molecular weight is 457 g/mol. The van der Waals surface area contributed by atoms with Crippen LogP contribution in [0.4, 0.5) is 0 Å². The van der Waals surface area contributed by atoms with Crippen LogP contribution in [0.1, 0.15) is 66.0 Å². The molecule has 0 atom stereocenters. The molecule has 4 aromatic carbocycles. The normalized spacial score (nSPS) is 11.5. The summed E-state index contributed by atoms with van der Waals surface area (Å²) < 4.78 is 0. The molecule has 176 valence electrons. The Hall–Kier alpha value is -3.64. The Balaban J connectivity index is 1.32. The molecular formula is C35H36. The van der Waals surface area contributed by atoms with Gasteiger partial charge < -0.3 is 0 Å². The van der Waals surface area contributed by atoms with Gasteiger partial charge in [0, 0.05) is 0 Å². The Labute approximate surface area is 211 Å². The molecule has 0 heterocycles. The highest BCUT2D eigenvalue weighted by Gasteiger charge is 1.99. The summed E-state index contributed by atoms with van der Waals surface area (Å²) in [4.78, 5) is 0. The molecule has 0 aromatic heterocycles. The Bertz CT molecular complexity index is 1220. The van der Waals surface area contributed by atoms with Crippen LogP contribution in [0.15, 0.2) is 97.1 Å². The summed E-state index contributed by atoms with van der Waals surface area (Å²) in [5.41, 5.74) is 10.1. The molecule has 0 radical (unpaired) electrons. The van der Waals surface area contributed by atoms with Gasteiger partial charge in [0.05, 0.1) is 0 Å². The van der Waals surface area contributed by atoms with E-state index in [1.54, 1.807) is 0 Å². The maximum Gasteiger partial charge on any atom is -0.0184 e. The van der Waals surface area contributed by atoms with Gasteiger partial charge in [0.15, 0.2) is 0 Å². The maximum atomic E-state index is 2.27. The van der Waals surface area contributed by atoms with Gasteiger partial charge in [-0.1, -0.05) is 153 Å². The fourth-order valence-electron chi connectivity index (χ4n) is 4.19. The van der Waals surface area contributed by atoms with Crippen LogP contribution in [0.5, 0.6) is 0 Å². The van der Waals surface area contributed by atoms with Crippen LogP contribution in [0.2, 0.25) is 0 Å². The third kappa shape index (κ3) is 7.69. The van der Waals surface area contributed by atoms with Crippen molar-refractivity contribution in [2.75, 3.05) is 0 Å². The van der Waals surface area contributed by atoms with Gasteiger partial charge >= 0.3 is 0 Å². The quantitative estimate of drug-likeness (QED) is 0.164. The number of benzene rings is 4. The summed E-state index contributed by atoms with van der Waals surface area (Å²) in [5, 5.41) is 0. The zero-order valence-corrected chi connectivity index (χ0v) is 21.1. The second-order valence-corrected chi connectivity index (χ2v) is 9.37. The lowest BCUT2D eigenvalue weighted by Gasteiger charge is -2.04. The lowest BCUT2D eigenvalue weighted by Crippen LogP contribution is -1.86. The highest BCUT2D eigenvalue weighted by Crippen LogP contribution is 2.22. The van der Waals surface area contributed by atoms with Crippen LogP contribution < -0.4 is 0 Å². The van der Waals surface area contributed by atoms with E-state index in [9.17, 15) is 0 Å². The van der Waals surface area contributed by atoms with Gasteiger partial charge in [0.1, 0.15) is 0 Å². The van der Waals surface area contributed by atoms with E-state index in [0.29, 0.717) is 0 Å². The molecule has 0 spiro atoms. The molecule has 0 aliphatic heterocycles. The van der Waals surface area contributed by atoms with Crippen molar-refractivity contribution in [1.29, 1.82) is 0 Å². The molecule has 0 bridgehead atoms. The third-order valence-electron chi connectivity index (χ3n) is 6.47. The minimum atomic E-state index is 1.19. The smallest absolute Gasteiger partial charge is 0.0184 e. The van der Waals surface area contributed by atoms with E-state index in [0.717, 1.165) is 0 Å². The van der Waals surface area contributed by atoms with E-state index in [-0.39, 0.29) is 0 Å². The Morgan fingerprint density at radius 1 is 0.457 bits per heavy atom. The minimum absolute atomic E-state index is 1.19. The number of unbranched alkanes of at least 4 members (excludes halogenated alkanes) is 3. The number of aryl methyl sites for hydroxylation is 2. The number of rotatable bonds is 10. The van der Waals surface area contributed by atoms with Crippen molar-refractivity contribution < 1.29 is 0 Å². The van der Waals surface area contributed by atoms with Gasteiger partial charge in [-0.05, 0) is 58.7 Å². The van der Waals surface area contributed by atoms with Gasteiger partial charge in [-0.25, -0.2) is 0 Å². The molecule has 4 aromatic rings. The van der Waals surface area contributed by atoms with E-state index in [4.69, 9.17) is 0 Å². The lowest BCUT2D eigenvalue weighted by molar-refractivity contribution is 0.667. The molecule has 0 N–H and O–H groups in total. The maximum absolute atomic E-state index is 2.27. The molecule has 35 heavy (non-hydrogen) atoms. The molecule has 0 aliphatic carbocycles. The first kappa shape index (κ1) is 24.5. The van der Waals surface area contributed by atoms with E-state index in [1.807, 2.05) is 0 Å². The molecule has 0 saturated heterocycles. The first-order valence-electron chi connectivity index (χ1n) is 12.9. The van der Waals surface area contributed by atoms with Crippen LogP contribution >= 0.6 is 0 Å². The van der Waals surface area contributed by atoms with Gasteiger partial charge in [0.25, 0.3) is 0 Å². The zero-order chi connectivity index (χ0) is 24.3. The molecular weight excluding hydrogens is 420 g/mol. The van der Waals surface area contributed by atoms with Crippen molar-refractivity contribution in [2.45, 2.75) is 46.0 Å². The van der Waals surface area contributed by atoms with Crippen LogP contribution in [0.3, 0.4) is 0 Å². The zero-order valence-electron chi connectivity index (χ0n) is 21.1. The molecule has 0 heteroatoms. The predicted octanol–water partition coefficient (Wildman–Crippen LogP) is 10.1. The van der Waals surface area contributed by atoms with E-state index in [1.165, 1.54) is 76.6 Å². The van der Waals surface area contributed by atoms with Crippen molar-refractivity contribution in [3.05, 3.63) is 130 Å². The molecule has 0 unspecified atom stereocenters. The fourth-order valence-corrected chi connectivity index (χ4v) is 4.19. The molecule has 4 rings (SSSR count). The topological polar surface area (TPSA) is 0 Å². The SMILES string of the molecule is CCCCCCc1ccc(/C=C/c2ccc(-c3ccc(/C=C/c4ccc(C)cc4)cc3)cc2)cc1. The highest BCUT2D eigenvalue weighted by molar-refractivity contribution is 5.74. The van der Waals surface area contributed by atoms with Gasteiger partial charge in [-0.2, -0.15) is 0 Å². The Morgan fingerprint density at radius 2 is 0.857 bits per heavy atom. The molecule has 0 nitrogen and oxygen atoms in total. The first-order valence-corrected chi connectivity index (χ1v) is 12.9. The van der Waals surface area contributed by atoms with Crippen molar-refractivity contribution in [1.82, 2.24) is 0 Å². The average Bonchev–Trinajstić information content (AvgIpc) is 2.91. The summed E-state index contributed by atoms with van der Waals surface area (Å²) in [6, 6.07) is 35.2. The standard InChI is InChI=1S/C35H36/c1-3-4-5-6-7-29-12-14-31(15-13-29)17-19-33-22-26-35(27-23-33)34-24-20-32(21-25-34)18-16-30-10-8-28(2)9-11-30/h8-27H,3-7H2,1-2H3/b18-16+,19-17+. The molecule has 0 saturated carbocycles. The van der Waals surface area contributed by atoms with Crippen LogP contribution in [0.25, 0.3) is 35.4 Å². The third-order valence-corrected chi connectivity index (χ3v) is 6.47. The first-order chi connectivity index (χ1) is 17.2. The van der Waals surface area contributed by atoms with Crippen molar-refractivity contribution in [2.24, 2.45) is 0 Å². The van der Waals surface area contributed by atoms with Crippen molar-refractivity contribution in [3.8, 4) is 11.1 Å². The summed E-state index contributed by atoms with van der Waals surface area (Å²) in [5.74, 6) is 0. The summed E-state index contributed by atoms with van der Waals surface area (Å²) in [7, 11) is 0. The summed E-state index contributed by atoms with van der Waals surface area (Å²) in [6.45, 7) is 4.38. The summed E-state index contributed by atoms with van der Waals surface area (Å²) in [6.07, 6.45) is 15.2. The molecule has 0 amide bonds. The lowest BCUT2D eigenvalue weighted by atomic mass is 10.0. The van der Waals surface area contributed by atoms with Crippen LogP contribution in [0, 0.1) is 6.92 Å². The molecule has 0 aliphatic rings. The van der Waals surface area contributed by atoms with E-state index in [2.05, 4.69) is 135 Å². The second-order valence-electron chi connectivity index (χ2n) is 9.37. The van der Waals surface area contributed by atoms with E-state index >= 15 is 0 Å². The van der Waals surface area contributed by atoms with Crippen molar-refractivity contribution >= 4 is 24.3 Å². The predicted molar refractivity (Wildman–Crippen MR) is 155 cm³/mol. The Kier molecular flexibility index (Phi) is 8.90. The minimum Gasteiger partial charge on any atom is -0.0654 e. The van der Waals surface area contributed by atoms with Gasteiger partial charge in [-0.15, -0.1) is 0 Å². The van der Waals surface area contributed by atoms with Crippen LogP contribution in [-0.4, -0.2) is 0 Å². The second kappa shape index (κ2) is 12.7. The van der Waals surface area contributed by atoms with Gasteiger partial charge in [0.2, 0.25) is 0 Å².